The first kappa shape index (κ1) is 10.8. The van der Waals surface area contributed by atoms with E-state index >= 15 is 0 Å². The Hall–Kier alpha value is -0.310. The summed E-state index contributed by atoms with van der Waals surface area (Å²) in [5.74, 6) is 0.712. The van der Waals surface area contributed by atoms with Gasteiger partial charge in [0.05, 0.1) is 6.20 Å². The lowest BCUT2D eigenvalue weighted by Gasteiger charge is -2.16. The van der Waals surface area contributed by atoms with Crippen LogP contribution in [0, 0.1) is 5.92 Å². The van der Waals surface area contributed by atoms with Crippen molar-refractivity contribution in [2.45, 2.75) is 31.5 Å². The van der Waals surface area contributed by atoms with Gasteiger partial charge in [-0.05, 0) is 17.9 Å². The van der Waals surface area contributed by atoms with Gasteiger partial charge < -0.3 is 0 Å². The van der Waals surface area contributed by atoms with Crippen molar-refractivity contribution >= 4 is 15.9 Å². The second kappa shape index (κ2) is 4.80. The second-order valence-corrected chi connectivity index (χ2v) is 5.02. The standard InChI is InChI=1S/C10H17BrN2/c1-4-10(8(2)11)5-9-6-12-13(3)7-9/h6-8,10H,4-5H2,1-3H3. The van der Waals surface area contributed by atoms with E-state index in [2.05, 4.69) is 41.1 Å². The Balaban J connectivity index is 2.56. The van der Waals surface area contributed by atoms with E-state index in [1.807, 2.05) is 17.9 Å². The van der Waals surface area contributed by atoms with Crippen LogP contribution >= 0.6 is 15.9 Å². The van der Waals surface area contributed by atoms with Gasteiger partial charge in [-0.1, -0.05) is 36.2 Å². The van der Waals surface area contributed by atoms with Gasteiger partial charge in [0, 0.05) is 18.1 Å². The first-order chi connectivity index (χ1) is 6.13. The summed E-state index contributed by atoms with van der Waals surface area (Å²) >= 11 is 3.64. The van der Waals surface area contributed by atoms with Crippen molar-refractivity contribution in [3.05, 3.63) is 18.0 Å². The SMILES string of the molecule is CCC(Cc1cnn(C)c1)C(C)Br. The fourth-order valence-corrected chi connectivity index (χ4v) is 2.07. The smallest absolute Gasteiger partial charge is 0.0521 e. The number of hydrogen-bond acceptors (Lipinski definition) is 1. The number of alkyl halides is 1. The Morgan fingerprint density at radius 1 is 1.62 bits per heavy atom. The molecule has 0 aliphatic rings. The van der Waals surface area contributed by atoms with Crippen LogP contribution in [0.4, 0.5) is 0 Å². The lowest BCUT2D eigenvalue weighted by atomic mass is 9.96. The maximum atomic E-state index is 4.16. The molecule has 3 heteroatoms. The Kier molecular flexibility index (Phi) is 3.97. The molecule has 0 bridgehead atoms. The minimum absolute atomic E-state index is 0.581. The molecule has 74 valence electrons. The predicted octanol–water partition coefficient (Wildman–Crippen LogP) is 2.77. The van der Waals surface area contributed by atoms with E-state index in [4.69, 9.17) is 0 Å². The fourth-order valence-electron chi connectivity index (χ4n) is 1.51. The number of hydrogen-bond donors (Lipinski definition) is 0. The largest absolute Gasteiger partial charge is 0.276 e. The third kappa shape index (κ3) is 3.14. The number of aryl methyl sites for hydroxylation is 1. The summed E-state index contributed by atoms with van der Waals surface area (Å²) in [6.07, 6.45) is 6.38. The Morgan fingerprint density at radius 3 is 2.69 bits per heavy atom. The van der Waals surface area contributed by atoms with Gasteiger partial charge in [-0.25, -0.2) is 0 Å². The molecule has 1 rings (SSSR count). The molecule has 13 heavy (non-hydrogen) atoms. The predicted molar refractivity (Wildman–Crippen MR) is 59.1 cm³/mol. The molecule has 1 aromatic heterocycles. The highest BCUT2D eigenvalue weighted by atomic mass is 79.9. The van der Waals surface area contributed by atoms with E-state index in [0.29, 0.717) is 10.7 Å². The molecule has 1 heterocycles. The van der Waals surface area contributed by atoms with Crippen LogP contribution in [-0.4, -0.2) is 14.6 Å². The molecule has 2 atom stereocenters. The number of rotatable bonds is 4. The van der Waals surface area contributed by atoms with Crippen molar-refractivity contribution < 1.29 is 0 Å². The van der Waals surface area contributed by atoms with E-state index in [-0.39, 0.29) is 0 Å². The van der Waals surface area contributed by atoms with Crippen molar-refractivity contribution in [2.75, 3.05) is 0 Å². The van der Waals surface area contributed by atoms with E-state index in [1.54, 1.807) is 0 Å². The average molecular weight is 245 g/mol. The van der Waals surface area contributed by atoms with Crippen LogP contribution in [-0.2, 0) is 13.5 Å². The van der Waals surface area contributed by atoms with E-state index in [9.17, 15) is 0 Å². The normalized spacial score (nSPS) is 15.7. The molecule has 0 N–H and O–H groups in total. The molecule has 0 spiro atoms. The van der Waals surface area contributed by atoms with Crippen LogP contribution < -0.4 is 0 Å². The van der Waals surface area contributed by atoms with Gasteiger partial charge in [0.1, 0.15) is 0 Å². The van der Waals surface area contributed by atoms with E-state index in [1.165, 1.54) is 12.0 Å². The van der Waals surface area contributed by atoms with Crippen molar-refractivity contribution in [1.82, 2.24) is 9.78 Å². The highest BCUT2D eigenvalue weighted by molar-refractivity contribution is 9.09. The molecule has 0 fully saturated rings. The molecule has 0 saturated carbocycles. The zero-order chi connectivity index (χ0) is 9.84. The van der Waals surface area contributed by atoms with Crippen molar-refractivity contribution in [1.29, 1.82) is 0 Å². The van der Waals surface area contributed by atoms with Crippen molar-refractivity contribution in [2.24, 2.45) is 13.0 Å². The molecule has 0 aliphatic heterocycles. The van der Waals surface area contributed by atoms with Gasteiger partial charge >= 0.3 is 0 Å². The Morgan fingerprint density at radius 2 is 2.31 bits per heavy atom. The molecular weight excluding hydrogens is 228 g/mol. The molecule has 1 aromatic rings. The quantitative estimate of drug-likeness (QED) is 0.746. The molecule has 2 unspecified atom stereocenters. The Labute approximate surface area is 88.5 Å². The summed E-state index contributed by atoms with van der Waals surface area (Å²) in [5, 5.41) is 4.16. The molecule has 0 aliphatic carbocycles. The van der Waals surface area contributed by atoms with E-state index in [0.717, 1.165) is 6.42 Å². The highest BCUT2D eigenvalue weighted by Crippen LogP contribution is 2.20. The summed E-state index contributed by atoms with van der Waals surface area (Å²) in [5.41, 5.74) is 1.33. The number of aromatic nitrogens is 2. The minimum Gasteiger partial charge on any atom is -0.276 e. The summed E-state index contributed by atoms with van der Waals surface area (Å²) < 4.78 is 1.86. The highest BCUT2D eigenvalue weighted by Gasteiger charge is 2.13. The minimum atomic E-state index is 0.581. The maximum absolute atomic E-state index is 4.16. The maximum Gasteiger partial charge on any atom is 0.0521 e. The summed E-state index contributed by atoms with van der Waals surface area (Å²) in [4.78, 5) is 0.581. The van der Waals surface area contributed by atoms with Crippen LogP contribution in [0.15, 0.2) is 12.4 Å². The third-order valence-corrected chi connectivity index (χ3v) is 3.18. The molecule has 0 radical (unpaired) electrons. The zero-order valence-electron chi connectivity index (χ0n) is 8.50. The van der Waals surface area contributed by atoms with Gasteiger partial charge in [0.15, 0.2) is 0 Å². The topological polar surface area (TPSA) is 17.8 Å². The number of halogens is 1. The van der Waals surface area contributed by atoms with Crippen molar-refractivity contribution in [3.63, 3.8) is 0 Å². The van der Waals surface area contributed by atoms with Gasteiger partial charge in [-0.15, -0.1) is 0 Å². The van der Waals surface area contributed by atoms with E-state index < -0.39 is 0 Å². The monoisotopic (exact) mass is 244 g/mol. The summed E-state index contributed by atoms with van der Waals surface area (Å²) in [6, 6.07) is 0. The summed E-state index contributed by atoms with van der Waals surface area (Å²) in [6.45, 7) is 4.45. The summed E-state index contributed by atoms with van der Waals surface area (Å²) in [7, 11) is 1.96. The molecule has 0 aromatic carbocycles. The fraction of sp³-hybridized carbons (Fsp3) is 0.700. The molecular formula is C10H17BrN2. The van der Waals surface area contributed by atoms with Crippen LogP contribution in [0.5, 0.6) is 0 Å². The zero-order valence-corrected chi connectivity index (χ0v) is 10.1. The lowest BCUT2D eigenvalue weighted by Crippen LogP contribution is -2.12. The van der Waals surface area contributed by atoms with Crippen LogP contribution in [0.3, 0.4) is 0 Å². The van der Waals surface area contributed by atoms with Gasteiger partial charge in [0.25, 0.3) is 0 Å². The van der Waals surface area contributed by atoms with Crippen LogP contribution in [0.2, 0.25) is 0 Å². The average Bonchev–Trinajstić information content (AvgIpc) is 2.46. The third-order valence-electron chi connectivity index (χ3n) is 2.43. The van der Waals surface area contributed by atoms with Gasteiger partial charge in [-0.2, -0.15) is 5.10 Å². The first-order valence-electron chi connectivity index (χ1n) is 4.75. The number of nitrogens with zero attached hydrogens (tertiary/aromatic N) is 2. The van der Waals surface area contributed by atoms with Gasteiger partial charge in [0.2, 0.25) is 0 Å². The second-order valence-electron chi connectivity index (χ2n) is 3.57. The molecule has 2 nitrogen and oxygen atoms in total. The molecule has 0 amide bonds. The van der Waals surface area contributed by atoms with Gasteiger partial charge in [-0.3, -0.25) is 4.68 Å². The van der Waals surface area contributed by atoms with Crippen molar-refractivity contribution in [3.8, 4) is 0 Å². The first-order valence-corrected chi connectivity index (χ1v) is 5.66. The lowest BCUT2D eigenvalue weighted by molar-refractivity contribution is 0.508. The Bertz CT molecular complexity index is 255. The van der Waals surface area contributed by atoms with Crippen LogP contribution in [0.25, 0.3) is 0 Å². The van der Waals surface area contributed by atoms with Crippen LogP contribution in [0.1, 0.15) is 25.8 Å². The molecule has 0 saturated heterocycles.